The Labute approximate surface area is 183 Å². The maximum Gasteiger partial charge on any atom is 0.493 e. The van der Waals surface area contributed by atoms with Crippen molar-refractivity contribution in [2.24, 2.45) is 5.16 Å². The standard InChI is InChI=1S/C17H9BrF4N6O4/c18-10-6-9(3-4-11(10)19)24-13(27-31-16(30)17(20,21)22)12-14(28-32-26-12)25-15(29)8-2-1-5-23-7-8/h1-7H,(H,24,27)(H,25,28,29). The summed E-state index contributed by atoms with van der Waals surface area (Å²) in [5, 5.41) is 14.9. The number of pyridine rings is 1. The first-order valence-corrected chi connectivity index (χ1v) is 9.07. The molecule has 0 aliphatic rings. The number of aromatic nitrogens is 3. The number of benzene rings is 1. The highest BCUT2D eigenvalue weighted by Gasteiger charge is 2.42. The summed E-state index contributed by atoms with van der Waals surface area (Å²) in [6, 6.07) is 6.40. The summed E-state index contributed by atoms with van der Waals surface area (Å²) >= 11 is 2.95. The van der Waals surface area contributed by atoms with Gasteiger partial charge in [-0.25, -0.2) is 13.8 Å². The number of halogens is 5. The fourth-order valence-electron chi connectivity index (χ4n) is 2.08. The number of nitrogens with one attached hydrogen (secondary N) is 2. The van der Waals surface area contributed by atoms with E-state index in [0.717, 1.165) is 6.07 Å². The number of alkyl halides is 3. The van der Waals surface area contributed by atoms with Gasteiger partial charge in [0, 0.05) is 18.1 Å². The second kappa shape index (κ2) is 9.51. The summed E-state index contributed by atoms with van der Waals surface area (Å²) in [4.78, 5) is 31.1. The summed E-state index contributed by atoms with van der Waals surface area (Å²) < 4.78 is 55.5. The van der Waals surface area contributed by atoms with Gasteiger partial charge < -0.3 is 15.5 Å². The maximum atomic E-state index is 13.5. The van der Waals surface area contributed by atoms with E-state index in [1.54, 1.807) is 0 Å². The van der Waals surface area contributed by atoms with Gasteiger partial charge in [-0.2, -0.15) is 13.2 Å². The van der Waals surface area contributed by atoms with Crippen LogP contribution in [0.25, 0.3) is 0 Å². The van der Waals surface area contributed by atoms with Gasteiger partial charge in [0.05, 0.1) is 10.0 Å². The van der Waals surface area contributed by atoms with Crippen LogP contribution in [0.3, 0.4) is 0 Å². The van der Waals surface area contributed by atoms with Gasteiger partial charge in [0.2, 0.25) is 11.7 Å². The van der Waals surface area contributed by atoms with Crippen LogP contribution in [0, 0.1) is 5.82 Å². The van der Waals surface area contributed by atoms with Gasteiger partial charge >= 0.3 is 12.1 Å². The largest absolute Gasteiger partial charge is 0.493 e. The van der Waals surface area contributed by atoms with Gasteiger partial charge in [-0.1, -0.05) is 5.16 Å². The third kappa shape index (κ3) is 5.63. The number of nitrogens with zero attached hydrogens (tertiary/aromatic N) is 4. The Morgan fingerprint density at radius 1 is 1.16 bits per heavy atom. The minimum atomic E-state index is -5.33. The summed E-state index contributed by atoms with van der Waals surface area (Å²) in [5.74, 6) is -4.91. The van der Waals surface area contributed by atoms with E-state index in [-0.39, 0.29) is 21.5 Å². The molecule has 0 radical (unpaired) electrons. The minimum Gasteiger partial charge on any atom is -0.335 e. The lowest BCUT2D eigenvalue weighted by atomic mass is 10.2. The number of hydrogen-bond acceptors (Lipinski definition) is 8. The number of oxime groups is 1. The van der Waals surface area contributed by atoms with Crippen molar-refractivity contribution in [2.45, 2.75) is 6.18 Å². The van der Waals surface area contributed by atoms with E-state index in [1.807, 2.05) is 0 Å². The van der Waals surface area contributed by atoms with E-state index in [0.29, 0.717) is 0 Å². The zero-order chi connectivity index (χ0) is 23.3. The number of amidine groups is 1. The van der Waals surface area contributed by atoms with Crippen molar-refractivity contribution in [1.29, 1.82) is 0 Å². The molecule has 2 N–H and O–H groups in total. The summed E-state index contributed by atoms with van der Waals surface area (Å²) in [7, 11) is 0. The number of carbonyl (C=O) groups is 2. The summed E-state index contributed by atoms with van der Waals surface area (Å²) in [5.41, 5.74) is -0.191. The third-order valence-electron chi connectivity index (χ3n) is 3.50. The monoisotopic (exact) mass is 516 g/mol. The second-order valence-electron chi connectivity index (χ2n) is 5.73. The highest BCUT2D eigenvalue weighted by molar-refractivity contribution is 9.10. The molecular weight excluding hydrogens is 508 g/mol. The molecule has 1 amide bonds. The number of amides is 1. The van der Waals surface area contributed by atoms with Gasteiger partial charge in [0.25, 0.3) is 5.91 Å². The smallest absolute Gasteiger partial charge is 0.335 e. The van der Waals surface area contributed by atoms with Crippen LogP contribution in [-0.2, 0) is 9.63 Å². The Bertz CT molecular complexity index is 1170. The molecule has 32 heavy (non-hydrogen) atoms. The lowest BCUT2D eigenvalue weighted by Crippen LogP contribution is -2.25. The molecule has 0 bridgehead atoms. The number of carbonyl (C=O) groups excluding carboxylic acids is 2. The van der Waals surface area contributed by atoms with Gasteiger partial charge in [0.15, 0.2) is 5.69 Å². The lowest BCUT2D eigenvalue weighted by Gasteiger charge is -2.10. The van der Waals surface area contributed by atoms with Crippen LogP contribution in [-0.4, -0.2) is 39.2 Å². The summed E-state index contributed by atoms with van der Waals surface area (Å²) in [6.07, 6.45) is -2.64. The van der Waals surface area contributed by atoms with E-state index < -0.39 is 35.4 Å². The summed E-state index contributed by atoms with van der Waals surface area (Å²) in [6.45, 7) is 0. The fourth-order valence-corrected chi connectivity index (χ4v) is 2.46. The van der Waals surface area contributed by atoms with Gasteiger partial charge in [0.1, 0.15) is 5.82 Å². The zero-order valence-corrected chi connectivity index (χ0v) is 16.9. The Morgan fingerprint density at radius 2 is 1.94 bits per heavy atom. The Balaban J connectivity index is 1.93. The van der Waals surface area contributed by atoms with Crippen molar-refractivity contribution < 1.29 is 36.6 Å². The Kier molecular flexibility index (Phi) is 6.77. The van der Waals surface area contributed by atoms with E-state index in [1.165, 1.54) is 36.7 Å². The van der Waals surface area contributed by atoms with Crippen LogP contribution in [0.1, 0.15) is 16.1 Å². The molecule has 0 unspecified atom stereocenters. The molecule has 0 fully saturated rings. The van der Waals surface area contributed by atoms with Gasteiger partial charge in [-0.3, -0.25) is 9.78 Å². The molecule has 1 aromatic carbocycles. The van der Waals surface area contributed by atoms with Crippen LogP contribution in [0.5, 0.6) is 0 Å². The SMILES string of the molecule is O=C(Nc1nonc1/C(=N\OC(=O)C(F)(F)F)Nc1ccc(F)c(Br)c1)c1cccnc1. The molecular formula is C17H9BrF4N6O4. The van der Waals surface area contributed by atoms with Crippen molar-refractivity contribution >= 4 is 45.1 Å². The number of hydrogen-bond donors (Lipinski definition) is 2. The fraction of sp³-hybridized carbons (Fsp3) is 0.0588. The van der Waals surface area contributed by atoms with Crippen LogP contribution >= 0.6 is 15.9 Å². The van der Waals surface area contributed by atoms with E-state index in [4.69, 9.17) is 0 Å². The van der Waals surface area contributed by atoms with Gasteiger partial charge in [-0.15, -0.1) is 0 Å². The van der Waals surface area contributed by atoms with Crippen molar-refractivity contribution in [1.82, 2.24) is 15.3 Å². The molecule has 0 saturated carbocycles. The average Bonchev–Trinajstić information content (AvgIpc) is 3.21. The minimum absolute atomic E-state index is 0.0116. The van der Waals surface area contributed by atoms with Crippen molar-refractivity contribution in [3.63, 3.8) is 0 Å². The molecule has 0 spiro atoms. The first kappa shape index (κ1) is 22.8. The first-order chi connectivity index (χ1) is 15.1. The molecule has 3 aromatic rings. The molecule has 166 valence electrons. The first-order valence-electron chi connectivity index (χ1n) is 8.27. The molecule has 0 atom stereocenters. The molecule has 10 nitrogen and oxygen atoms in total. The predicted molar refractivity (Wildman–Crippen MR) is 103 cm³/mol. The van der Waals surface area contributed by atoms with E-state index >= 15 is 0 Å². The normalized spacial score (nSPS) is 11.7. The number of rotatable bonds is 5. The molecule has 2 heterocycles. The van der Waals surface area contributed by atoms with Crippen molar-refractivity contribution in [2.75, 3.05) is 10.6 Å². The zero-order valence-electron chi connectivity index (χ0n) is 15.4. The van der Waals surface area contributed by atoms with Crippen LogP contribution in [0.15, 0.2) is 57.0 Å². The van der Waals surface area contributed by atoms with Crippen LogP contribution in [0.2, 0.25) is 0 Å². The third-order valence-corrected chi connectivity index (χ3v) is 4.11. The molecule has 0 aliphatic heterocycles. The Morgan fingerprint density at radius 3 is 2.59 bits per heavy atom. The molecule has 0 saturated heterocycles. The average molecular weight is 517 g/mol. The van der Waals surface area contributed by atoms with Crippen LogP contribution < -0.4 is 10.6 Å². The van der Waals surface area contributed by atoms with Crippen molar-refractivity contribution in [3.05, 3.63) is 64.3 Å². The quantitative estimate of drug-likeness (QED) is 0.173. The Hall–Kier alpha value is -3.88. The predicted octanol–water partition coefficient (Wildman–Crippen LogP) is 3.50. The molecule has 2 aromatic heterocycles. The molecule has 15 heteroatoms. The highest BCUT2D eigenvalue weighted by atomic mass is 79.9. The number of anilines is 2. The van der Waals surface area contributed by atoms with E-state index in [9.17, 15) is 27.2 Å². The molecule has 3 rings (SSSR count). The highest BCUT2D eigenvalue weighted by Crippen LogP contribution is 2.22. The maximum absolute atomic E-state index is 13.5. The topological polar surface area (TPSA) is 132 Å². The molecule has 0 aliphatic carbocycles. The lowest BCUT2D eigenvalue weighted by molar-refractivity contribution is -0.199. The second-order valence-corrected chi connectivity index (χ2v) is 6.58. The van der Waals surface area contributed by atoms with Crippen LogP contribution in [0.4, 0.5) is 29.1 Å². The van der Waals surface area contributed by atoms with Crippen molar-refractivity contribution in [3.8, 4) is 0 Å². The van der Waals surface area contributed by atoms with Gasteiger partial charge in [-0.05, 0) is 56.6 Å². The van der Waals surface area contributed by atoms with E-state index in [2.05, 4.69) is 56.5 Å².